The van der Waals surface area contributed by atoms with E-state index >= 15 is 0 Å². The van der Waals surface area contributed by atoms with Crippen molar-refractivity contribution >= 4 is 27.4 Å². The average molecular weight is 537 g/mol. The van der Waals surface area contributed by atoms with Crippen LogP contribution in [0.15, 0.2) is 107 Å². The highest BCUT2D eigenvalue weighted by atomic mass is 16.5. The maximum absolute atomic E-state index is 13.6. The van der Waals surface area contributed by atoms with Gasteiger partial charge in [0.2, 0.25) is 5.88 Å². The molecular weight excluding hydrogens is 512 g/mol. The van der Waals surface area contributed by atoms with Crippen LogP contribution in [0, 0.1) is 0 Å². The van der Waals surface area contributed by atoms with Gasteiger partial charge in [0, 0.05) is 5.56 Å². The van der Waals surface area contributed by atoms with Gasteiger partial charge in [-0.25, -0.2) is 19.3 Å². The summed E-state index contributed by atoms with van der Waals surface area (Å²) in [5.74, 6) is 1.29. The molecule has 198 valence electrons. The zero-order valence-electron chi connectivity index (χ0n) is 22.4. The van der Waals surface area contributed by atoms with Crippen LogP contribution in [0.25, 0.3) is 38.8 Å². The lowest BCUT2D eigenvalue weighted by Crippen LogP contribution is -2.22. The van der Waals surface area contributed by atoms with Crippen molar-refractivity contribution in [3.8, 4) is 23.0 Å². The van der Waals surface area contributed by atoms with Crippen molar-refractivity contribution in [2.45, 2.75) is 25.7 Å². The van der Waals surface area contributed by atoms with Crippen molar-refractivity contribution < 1.29 is 9.15 Å². The van der Waals surface area contributed by atoms with Crippen LogP contribution in [0.1, 0.15) is 47.9 Å². The Morgan fingerprint density at radius 2 is 1.63 bits per heavy atom. The third kappa shape index (κ3) is 3.66. The molecule has 0 aliphatic carbocycles. The molecule has 7 heteroatoms. The second kappa shape index (κ2) is 8.86. The Labute approximate surface area is 234 Å². The molecule has 0 spiro atoms. The lowest BCUT2D eigenvalue weighted by atomic mass is 9.83. The second-order valence-corrected chi connectivity index (χ2v) is 10.7. The van der Waals surface area contributed by atoms with Crippen LogP contribution in [0.5, 0.6) is 11.6 Å². The monoisotopic (exact) mass is 536 g/mol. The van der Waals surface area contributed by atoms with Gasteiger partial charge in [-0.15, -0.1) is 5.10 Å². The molecule has 0 saturated carbocycles. The summed E-state index contributed by atoms with van der Waals surface area (Å²) in [4.78, 5) is 23.3. The predicted molar refractivity (Wildman–Crippen MR) is 158 cm³/mol. The van der Waals surface area contributed by atoms with E-state index in [9.17, 15) is 4.79 Å². The number of benzene rings is 4. The zero-order valence-corrected chi connectivity index (χ0v) is 22.4. The van der Waals surface area contributed by atoms with Gasteiger partial charge in [0.15, 0.2) is 17.2 Å². The van der Waals surface area contributed by atoms with E-state index in [0.717, 1.165) is 27.3 Å². The molecule has 4 aromatic carbocycles. The quantitative estimate of drug-likeness (QED) is 0.218. The highest BCUT2D eigenvalue weighted by molar-refractivity contribution is 5.88. The van der Waals surface area contributed by atoms with E-state index in [1.54, 1.807) is 16.9 Å². The highest BCUT2D eigenvalue weighted by Gasteiger charge is 2.37. The van der Waals surface area contributed by atoms with E-state index in [1.165, 1.54) is 5.56 Å². The molecule has 7 nitrogen and oxygen atoms in total. The molecule has 1 unspecified atom stereocenters. The van der Waals surface area contributed by atoms with Gasteiger partial charge in [-0.2, -0.15) is 0 Å². The van der Waals surface area contributed by atoms with Crippen molar-refractivity contribution in [2.24, 2.45) is 0 Å². The Balaban J connectivity index is 1.39. The van der Waals surface area contributed by atoms with Gasteiger partial charge >= 0.3 is 5.63 Å². The fourth-order valence-electron chi connectivity index (χ4n) is 5.79. The zero-order chi connectivity index (χ0) is 27.7. The SMILES string of the molecule is CC(C)c1ccc(C2c3c(c4ccccc4oc3=O)Oc3ncn4nc(-c5ccc6ccccc6c5)nc4c32)cc1. The molecule has 7 aromatic rings. The van der Waals surface area contributed by atoms with Crippen LogP contribution in [0.2, 0.25) is 0 Å². The molecule has 3 aromatic heterocycles. The molecule has 0 radical (unpaired) electrons. The van der Waals surface area contributed by atoms with Crippen molar-refractivity contribution in [1.82, 2.24) is 19.6 Å². The average Bonchev–Trinajstić information content (AvgIpc) is 3.45. The van der Waals surface area contributed by atoms with E-state index in [1.807, 2.05) is 36.4 Å². The molecule has 0 amide bonds. The van der Waals surface area contributed by atoms with Gasteiger partial charge in [0.1, 0.15) is 11.9 Å². The van der Waals surface area contributed by atoms with Crippen LogP contribution >= 0.6 is 0 Å². The Morgan fingerprint density at radius 1 is 0.854 bits per heavy atom. The van der Waals surface area contributed by atoms with E-state index < -0.39 is 11.5 Å². The van der Waals surface area contributed by atoms with E-state index in [0.29, 0.717) is 45.7 Å². The summed E-state index contributed by atoms with van der Waals surface area (Å²) in [6.45, 7) is 4.32. The summed E-state index contributed by atoms with van der Waals surface area (Å²) in [5.41, 5.74) is 4.74. The standard InChI is InChI=1S/C34H24N4O3/c1-19(2)20-11-14-22(15-12-20)27-28-30(25-9-5-6-10-26(25)40-34(28)39)41-33-29(27)32-36-31(37-38(32)18-35-33)24-16-13-21-7-3-4-8-23(21)17-24/h3-19,27H,1-2H3. The van der Waals surface area contributed by atoms with E-state index in [2.05, 4.69) is 67.4 Å². The number of aromatic nitrogens is 4. The van der Waals surface area contributed by atoms with Crippen LogP contribution in [-0.4, -0.2) is 19.6 Å². The number of rotatable bonds is 3. The van der Waals surface area contributed by atoms with Crippen LogP contribution < -0.4 is 10.4 Å². The highest BCUT2D eigenvalue weighted by Crippen LogP contribution is 2.49. The number of fused-ring (bicyclic) bond motifs is 7. The normalized spacial score (nSPS) is 14.4. The minimum atomic E-state index is -0.513. The molecule has 0 bridgehead atoms. The number of nitrogens with zero attached hydrogens (tertiary/aromatic N) is 4. The first-order chi connectivity index (χ1) is 20.0. The molecule has 0 saturated heterocycles. The number of hydrogen-bond donors (Lipinski definition) is 0. The van der Waals surface area contributed by atoms with Gasteiger partial charge < -0.3 is 9.15 Å². The lowest BCUT2D eigenvalue weighted by molar-refractivity contribution is 0.422. The van der Waals surface area contributed by atoms with Gasteiger partial charge in [0.25, 0.3) is 0 Å². The molecule has 0 fully saturated rings. The first-order valence-electron chi connectivity index (χ1n) is 13.6. The van der Waals surface area contributed by atoms with Gasteiger partial charge in [-0.1, -0.05) is 86.6 Å². The first-order valence-corrected chi connectivity index (χ1v) is 13.6. The number of hydrogen-bond acceptors (Lipinski definition) is 6. The summed E-state index contributed by atoms with van der Waals surface area (Å²) in [7, 11) is 0. The summed E-state index contributed by atoms with van der Waals surface area (Å²) in [5, 5.41) is 7.75. The third-order valence-corrected chi connectivity index (χ3v) is 7.91. The first kappa shape index (κ1) is 23.6. The minimum absolute atomic E-state index is 0.377. The van der Waals surface area contributed by atoms with Crippen molar-refractivity contribution in [2.75, 3.05) is 0 Å². The van der Waals surface area contributed by atoms with Crippen LogP contribution in [0.4, 0.5) is 0 Å². The Bertz CT molecular complexity index is 2200. The second-order valence-electron chi connectivity index (χ2n) is 10.7. The number of para-hydroxylation sites is 1. The van der Waals surface area contributed by atoms with E-state index in [-0.39, 0.29) is 0 Å². The summed E-state index contributed by atoms with van der Waals surface area (Å²) >= 11 is 0. The van der Waals surface area contributed by atoms with Crippen molar-refractivity contribution in [3.63, 3.8) is 0 Å². The molecule has 4 heterocycles. The van der Waals surface area contributed by atoms with Crippen LogP contribution in [0.3, 0.4) is 0 Å². The van der Waals surface area contributed by atoms with Gasteiger partial charge in [0.05, 0.1) is 22.4 Å². The fourth-order valence-corrected chi connectivity index (χ4v) is 5.79. The van der Waals surface area contributed by atoms with E-state index in [4.69, 9.17) is 19.2 Å². The molecule has 1 aliphatic rings. The summed E-state index contributed by atoms with van der Waals surface area (Å²) < 4.78 is 13.9. The molecule has 41 heavy (non-hydrogen) atoms. The number of ether oxygens (including phenoxy) is 1. The maximum atomic E-state index is 13.6. The van der Waals surface area contributed by atoms with Crippen LogP contribution in [-0.2, 0) is 0 Å². The largest absolute Gasteiger partial charge is 0.437 e. The summed E-state index contributed by atoms with van der Waals surface area (Å²) in [6.07, 6.45) is 1.61. The van der Waals surface area contributed by atoms with Gasteiger partial charge in [-0.05, 0) is 46.0 Å². The maximum Gasteiger partial charge on any atom is 0.344 e. The third-order valence-electron chi connectivity index (χ3n) is 7.91. The predicted octanol–water partition coefficient (Wildman–Crippen LogP) is 7.46. The van der Waals surface area contributed by atoms with Gasteiger partial charge in [-0.3, -0.25) is 0 Å². The van der Waals surface area contributed by atoms with Crippen molar-refractivity contribution in [1.29, 1.82) is 0 Å². The topological polar surface area (TPSA) is 82.5 Å². The Hall–Kier alpha value is -5.30. The lowest BCUT2D eigenvalue weighted by Gasteiger charge is -2.27. The molecule has 1 atom stereocenters. The van der Waals surface area contributed by atoms with Crippen molar-refractivity contribution in [3.05, 3.63) is 130 Å². The molecule has 8 rings (SSSR count). The summed E-state index contributed by atoms with van der Waals surface area (Å²) in [6, 6.07) is 30.1. The Kier molecular flexibility index (Phi) is 5.09. The molecule has 1 aliphatic heterocycles. The molecule has 0 N–H and O–H groups in total. The smallest absolute Gasteiger partial charge is 0.344 e. The molecular formula is C34H24N4O3. The fraction of sp³-hybridized carbons (Fsp3) is 0.118. The minimum Gasteiger partial charge on any atom is -0.437 e. The Morgan fingerprint density at radius 3 is 2.46 bits per heavy atom.